The molecule has 0 bridgehead atoms. The number of rotatable bonds is 8. The summed E-state index contributed by atoms with van der Waals surface area (Å²) in [5.74, 6) is 1.16. The minimum Gasteiger partial charge on any atom is -0.491 e. The van der Waals surface area contributed by atoms with E-state index >= 15 is 0 Å². The van der Waals surface area contributed by atoms with E-state index in [0.717, 1.165) is 10.9 Å². The van der Waals surface area contributed by atoms with E-state index in [1.54, 1.807) is 36.0 Å². The van der Waals surface area contributed by atoms with Crippen molar-refractivity contribution < 1.29 is 9.84 Å². The predicted molar refractivity (Wildman–Crippen MR) is 109 cm³/mol. The summed E-state index contributed by atoms with van der Waals surface area (Å²) >= 11 is 1.56. The Kier molecular flexibility index (Phi) is 5.65. The zero-order valence-electron chi connectivity index (χ0n) is 15.4. The van der Waals surface area contributed by atoms with E-state index in [2.05, 4.69) is 27.8 Å². The zero-order chi connectivity index (χ0) is 19.3. The number of aromatic nitrogens is 2. The summed E-state index contributed by atoms with van der Waals surface area (Å²) in [5, 5.41) is 20.1. The fourth-order valence-corrected chi connectivity index (χ4v) is 3.95. The number of nitriles is 1. The highest BCUT2D eigenvalue weighted by Gasteiger charge is 2.29. The van der Waals surface area contributed by atoms with Gasteiger partial charge in [-0.1, -0.05) is 42.1 Å². The van der Waals surface area contributed by atoms with Crippen LogP contribution in [0.25, 0.3) is 11.3 Å². The Morgan fingerprint density at radius 3 is 2.61 bits per heavy atom. The highest BCUT2D eigenvalue weighted by Crippen LogP contribution is 2.41. The largest absolute Gasteiger partial charge is 0.491 e. The SMILES string of the molecule is N#Cc1ccc(OC[C@@H](O)CSc2ncc(-c3ccccc3)n2C2CC2)cc1. The summed E-state index contributed by atoms with van der Waals surface area (Å²) in [6, 6.07) is 19.8. The van der Waals surface area contributed by atoms with Gasteiger partial charge in [0.25, 0.3) is 0 Å². The van der Waals surface area contributed by atoms with Crippen LogP contribution in [0.2, 0.25) is 0 Å². The second-order valence-corrected chi connectivity index (χ2v) is 7.79. The molecule has 0 radical (unpaired) electrons. The lowest BCUT2D eigenvalue weighted by Gasteiger charge is -2.14. The predicted octanol–water partition coefficient (Wildman–Crippen LogP) is 4.29. The average Bonchev–Trinajstić information content (AvgIpc) is 3.50. The maximum atomic E-state index is 10.3. The molecule has 0 spiro atoms. The number of thioether (sulfide) groups is 1. The van der Waals surface area contributed by atoms with Crippen LogP contribution < -0.4 is 4.74 Å². The lowest BCUT2D eigenvalue weighted by Crippen LogP contribution is -2.20. The van der Waals surface area contributed by atoms with E-state index in [1.165, 1.54) is 18.4 Å². The highest BCUT2D eigenvalue weighted by atomic mass is 32.2. The summed E-state index contributed by atoms with van der Waals surface area (Å²) in [5.41, 5.74) is 2.89. The molecule has 1 aliphatic carbocycles. The van der Waals surface area contributed by atoms with Crippen LogP contribution in [-0.4, -0.2) is 33.1 Å². The van der Waals surface area contributed by atoms with E-state index in [0.29, 0.717) is 23.1 Å². The second kappa shape index (κ2) is 8.51. The Labute approximate surface area is 168 Å². The first-order chi connectivity index (χ1) is 13.7. The van der Waals surface area contributed by atoms with Gasteiger partial charge in [0.2, 0.25) is 0 Å². The third-order valence-electron chi connectivity index (χ3n) is 4.58. The van der Waals surface area contributed by atoms with E-state index in [1.807, 2.05) is 24.4 Å². The van der Waals surface area contributed by atoms with Crippen molar-refractivity contribution >= 4 is 11.8 Å². The van der Waals surface area contributed by atoms with Gasteiger partial charge in [0.15, 0.2) is 5.16 Å². The molecule has 0 saturated heterocycles. The summed E-state index contributed by atoms with van der Waals surface area (Å²) in [6.07, 6.45) is 3.67. The van der Waals surface area contributed by atoms with Crippen molar-refractivity contribution in [3.8, 4) is 23.1 Å². The van der Waals surface area contributed by atoms with Gasteiger partial charge in [-0.25, -0.2) is 4.98 Å². The molecular weight excluding hydrogens is 370 g/mol. The van der Waals surface area contributed by atoms with E-state index in [9.17, 15) is 5.11 Å². The van der Waals surface area contributed by atoms with Gasteiger partial charge in [-0.05, 0) is 42.7 Å². The molecule has 1 aromatic heterocycles. The molecule has 0 amide bonds. The van der Waals surface area contributed by atoms with Crippen LogP contribution in [0.15, 0.2) is 66.0 Å². The Hall–Kier alpha value is -2.75. The minimum atomic E-state index is -0.606. The Bertz CT molecular complexity index is 960. The first-order valence-corrected chi connectivity index (χ1v) is 10.3. The van der Waals surface area contributed by atoms with E-state index < -0.39 is 6.10 Å². The van der Waals surface area contributed by atoms with Crippen molar-refractivity contribution in [1.29, 1.82) is 5.26 Å². The monoisotopic (exact) mass is 391 g/mol. The van der Waals surface area contributed by atoms with E-state index in [4.69, 9.17) is 10.00 Å². The number of hydrogen-bond acceptors (Lipinski definition) is 5. The molecule has 142 valence electrons. The Morgan fingerprint density at radius 2 is 1.93 bits per heavy atom. The van der Waals surface area contributed by atoms with Gasteiger partial charge in [0, 0.05) is 11.8 Å². The second-order valence-electron chi connectivity index (χ2n) is 6.81. The molecule has 2 aromatic carbocycles. The fourth-order valence-electron chi connectivity index (χ4n) is 3.00. The normalized spacial score (nSPS) is 14.4. The minimum absolute atomic E-state index is 0.203. The number of hydrogen-bond donors (Lipinski definition) is 1. The number of aliphatic hydroxyl groups excluding tert-OH is 1. The molecule has 1 fully saturated rings. The van der Waals surface area contributed by atoms with Gasteiger partial charge in [-0.3, -0.25) is 0 Å². The lowest BCUT2D eigenvalue weighted by atomic mass is 10.2. The molecule has 0 aliphatic heterocycles. The maximum Gasteiger partial charge on any atom is 0.168 e. The van der Waals surface area contributed by atoms with Crippen molar-refractivity contribution in [2.75, 3.05) is 12.4 Å². The van der Waals surface area contributed by atoms with Crippen LogP contribution in [-0.2, 0) is 0 Å². The third kappa shape index (κ3) is 4.38. The van der Waals surface area contributed by atoms with Crippen LogP contribution in [0.1, 0.15) is 24.4 Å². The number of ether oxygens (including phenoxy) is 1. The van der Waals surface area contributed by atoms with Gasteiger partial charge in [-0.2, -0.15) is 5.26 Å². The molecular formula is C22H21N3O2S. The van der Waals surface area contributed by atoms with Crippen molar-refractivity contribution in [2.24, 2.45) is 0 Å². The maximum absolute atomic E-state index is 10.3. The summed E-state index contributed by atoms with van der Waals surface area (Å²) in [4.78, 5) is 4.61. The first kappa shape index (κ1) is 18.6. The molecule has 1 heterocycles. The van der Waals surface area contributed by atoms with Gasteiger partial charge < -0.3 is 14.4 Å². The quantitative estimate of drug-likeness (QED) is 0.580. The van der Waals surface area contributed by atoms with Gasteiger partial charge in [0.1, 0.15) is 12.4 Å². The van der Waals surface area contributed by atoms with Crippen LogP contribution in [0.3, 0.4) is 0 Å². The fraction of sp³-hybridized carbons (Fsp3) is 0.273. The number of aliphatic hydroxyl groups is 1. The standard InChI is InChI=1S/C22H21N3O2S/c23-12-16-6-10-20(11-7-16)27-14-19(26)15-28-22-24-13-21(25(22)18-8-9-18)17-4-2-1-3-5-17/h1-7,10-11,13,18-19,26H,8-9,14-15H2/t19-/m1/s1. The first-order valence-electron chi connectivity index (χ1n) is 9.31. The van der Waals surface area contributed by atoms with Crippen molar-refractivity contribution in [1.82, 2.24) is 9.55 Å². The van der Waals surface area contributed by atoms with Crippen LogP contribution in [0.4, 0.5) is 0 Å². The zero-order valence-corrected chi connectivity index (χ0v) is 16.2. The number of imidazole rings is 1. The van der Waals surface area contributed by atoms with Gasteiger partial charge >= 0.3 is 0 Å². The summed E-state index contributed by atoms with van der Waals surface area (Å²) in [7, 11) is 0. The van der Waals surface area contributed by atoms with Crippen LogP contribution in [0.5, 0.6) is 5.75 Å². The van der Waals surface area contributed by atoms with Crippen molar-refractivity contribution in [3.05, 3.63) is 66.4 Å². The molecule has 1 saturated carbocycles. The summed E-state index contributed by atoms with van der Waals surface area (Å²) < 4.78 is 7.92. The van der Waals surface area contributed by atoms with E-state index in [-0.39, 0.29) is 6.61 Å². The Balaban J connectivity index is 1.36. The molecule has 5 nitrogen and oxygen atoms in total. The molecule has 0 unspecified atom stereocenters. The topological polar surface area (TPSA) is 71.1 Å². The molecule has 4 rings (SSSR count). The van der Waals surface area contributed by atoms with Crippen LogP contribution in [0, 0.1) is 11.3 Å². The molecule has 6 heteroatoms. The molecule has 1 atom stereocenters. The lowest BCUT2D eigenvalue weighted by molar-refractivity contribution is 0.126. The number of nitrogens with zero attached hydrogens (tertiary/aromatic N) is 3. The molecule has 28 heavy (non-hydrogen) atoms. The van der Waals surface area contributed by atoms with Crippen molar-refractivity contribution in [2.45, 2.75) is 30.1 Å². The average molecular weight is 391 g/mol. The summed E-state index contributed by atoms with van der Waals surface area (Å²) in [6.45, 7) is 0.203. The van der Waals surface area contributed by atoms with Gasteiger partial charge in [0.05, 0.1) is 29.6 Å². The smallest absolute Gasteiger partial charge is 0.168 e. The molecule has 3 aromatic rings. The van der Waals surface area contributed by atoms with Crippen LogP contribution >= 0.6 is 11.8 Å². The highest BCUT2D eigenvalue weighted by molar-refractivity contribution is 7.99. The number of benzene rings is 2. The third-order valence-corrected chi connectivity index (χ3v) is 5.69. The molecule has 1 N–H and O–H groups in total. The molecule has 1 aliphatic rings. The Morgan fingerprint density at radius 1 is 1.18 bits per heavy atom. The van der Waals surface area contributed by atoms with Gasteiger partial charge in [-0.15, -0.1) is 0 Å². The van der Waals surface area contributed by atoms with Crippen molar-refractivity contribution in [3.63, 3.8) is 0 Å².